The van der Waals surface area contributed by atoms with E-state index < -0.39 is 0 Å². The van der Waals surface area contributed by atoms with E-state index in [9.17, 15) is 0 Å². The Hall–Kier alpha value is -2.20. The molecule has 0 unspecified atom stereocenters. The molecule has 1 N–H and O–H groups in total. The highest BCUT2D eigenvalue weighted by Gasteiger charge is 1.90. The van der Waals surface area contributed by atoms with Crippen molar-refractivity contribution in [2.24, 2.45) is 0 Å². The fourth-order valence-electron chi connectivity index (χ4n) is 1.55. The normalized spacial score (nSPS) is 9.24. The maximum Gasteiger partial charge on any atom is 0.0769 e. The summed E-state index contributed by atoms with van der Waals surface area (Å²) in [6.07, 6.45) is 0. The topological polar surface area (TPSA) is 12.0 Å². The predicted molar refractivity (Wildman–Crippen MR) is 73.0 cm³/mol. The molecule has 0 aliphatic carbocycles. The van der Waals surface area contributed by atoms with Gasteiger partial charge in [-0.2, -0.15) is 0 Å². The van der Waals surface area contributed by atoms with Gasteiger partial charge in [0.05, 0.1) is 6.54 Å². The van der Waals surface area contributed by atoms with Gasteiger partial charge >= 0.3 is 0 Å². The average molecular weight is 221 g/mol. The lowest BCUT2D eigenvalue weighted by Crippen LogP contribution is -1.97. The quantitative estimate of drug-likeness (QED) is 0.766. The van der Waals surface area contributed by atoms with Crippen LogP contribution >= 0.6 is 0 Å². The van der Waals surface area contributed by atoms with Gasteiger partial charge in [0.1, 0.15) is 0 Å². The predicted octanol–water partition coefficient (Wildman–Crippen LogP) is 3.46. The van der Waals surface area contributed by atoms with E-state index in [0.717, 1.165) is 11.3 Å². The number of aryl methyl sites for hydroxylation is 1. The van der Waals surface area contributed by atoms with Crippen molar-refractivity contribution in [1.82, 2.24) is 0 Å². The first-order valence-corrected chi connectivity index (χ1v) is 5.70. The fourth-order valence-corrected chi connectivity index (χ4v) is 1.55. The second-order valence-corrected chi connectivity index (χ2v) is 3.84. The van der Waals surface area contributed by atoms with Crippen LogP contribution in [0.2, 0.25) is 0 Å². The minimum absolute atomic E-state index is 0.665. The first-order chi connectivity index (χ1) is 8.36. The summed E-state index contributed by atoms with van der Waals surface area (Å²) >= 11 is 0. The van der Waals surface area contributed by atoms with Crippen LogP contribution in [0, 0.1) is 18.8 Å². The van der Waals surface area contributed by atoms with E-state index in [0.29, 0.717) is 6.54 Å². The van der Waals surface area contributed by atoms with Crippen molar-refractivity contribution < 1.29 is 0 Å². The van der Waals surface area contributed by atoms with Crippen molar-refractivity contribution >= 4 is 5.69 Å². The molecule has 2 rings (SSSR count). The lowest BCUT2D eigenvalue weighted by Gasteiger charge is -2.00. The van der Waals surface area contributed by atoms with Gasteiger partial charge in [-0.15, -0.1) is 0 Å². The average Bonchev–Trinajstić information content (AvgIpc) is 2.38. The van der Waals surface area contributed by atoms with Crippen molar-refractivity contribution in [1.29, 1.82) is 0 Å². The highest BCUT2D eigenvalue weighted by molar-refractivity contribution is 5.45. The van der Waals surface area contributed by atoms with Gasteiger partial charge in [-0.1, -0.05) is 48.2 Å². The third-order valence-corrected chi connectivity index (χ3v) is 2.52. The second kappa shape index (κ2) is 5.77. The summed E-state index contributed by atoms with van der Waals surface area (Å²) < 4.78 is 0. The zero-order valence-electron chi connectivity index (χ0n) is 9.90. The van der Waals surface area contributed by atoms with Gasteiger partial charge in [0.25, 0.3) is 0 Å². The highest BCUT2D eigenvalue weighted by atomic mass is 14.8. The summed E-state index contributed by atoms with van der Waals surface area (Å²) in [5, 5.41) is 3.26. The summed E-state index contributed by atoms with van der Waals surface area (Å²) in [7, 11) is 0. The van der Waals surface area contributed by atoms with Crippen molar-refractivity contribution in [2.45, 2.75) is 6.92 Å². The zero-order valence-corrected chi connectivity index (χ0v) is 9.90. The summed E-state index contributed by atoms with van der Waals surface area (Å²) in [6, 6.07) is 18.3. The van der Waals surface area contributed by atoms with Gasteiger partial charge < -0.3 is 5.32 Å². The molecule has 0 bridgehead atoms. The number of hydrogen-bond acceptors (Lipinski definition) is 1. The Morgan fingerprint density at radius 3 is 2.41 bits per heavy atom. The monoisotopic (exact) mass is 221 g/mol. The SMILES string of the molecule is Cc1ccccc1C#CCNc1ccccc1. The van der Waals surface area contributed by atoms with Crippen LogP contribution in [0.25, 0.3) is 0 Å². The molecule has 2 aromatic carbocycles. The maximum atomic E-state index is 3.26. The molecule has 2 aromatic rings. The number of anilines is 1. The first-order valence-electron chi connectivity index (χ1n) is 5.70. The third kappa shape index (κ3) is 3.39. The van der Waals surface area contributed by atoms with Gasteiger partial charge in [0.15, 0.2) is 0 Å². The van der Waals surface area contributed by atoms with Crippen LogP contribution in [-0.2, 0) is 0 Å². The molecule has 0 aromatic heterocycles. The van der Waals surface area contributed by atoms with Crippen LogP contribution in [0.15, 0.2) is 54.6 Å². The second-order valence-electron chi connectivity index (χ2n) is 3.84. The Bertz CT molecular complexity index is 532. The highest BCUT2D eigenvalue weighted by Crippen LogP contribution is 2.05. The molecular formula is C16H15N. The number of nitrogens with one attached hydrogen (secondary N) is 1. The standard InChI is InChI=1S/C16H15N/c1-14-8-5-6-9-15(14)10-7-13-17-16-11-3-2-4-12-16/h2-6,8-9,11-12,17H,13H2,1H3. The van der Waals surface area contributed by atoms with Crippen LogP contribution in [-0.4, -0.2) is 6.54 Å². The van der Waals surface area contributed by atoms with E-state index in [4.69, 9.17) is 0 Å². The Morgan fingerprint density at radius 2 is 1.65 bits per heavy atom. The summed E-state index contributed by atoms with van der Waals surface area (Å²) in [6.45, 7) is 2.74. The minimum Gasteiger partial charge on any atom is -0.374 e. The molecule has 0 spiro atoms. The van der Waals surface area contributed by atoms with Gasteiger partial charge in [-0.25, -0.2) is 0 Å². The van der Waals surface area contributed by atoms with Crippen molar-refractivity contribution in [3.8, 4) is 11.8 Å². The number of rotatable bonds is 2. The van der Waals surface area contributed by atoms with E-state index >= 15 is 0 Å². The summed E-state index contributed by atoms with van der Waals surface area (Å²) in [4.78, 5) is 0. The number of benzene rings is 2. The first kappa shape index (κ1) is 11.3. The van der Waals surface area contributed by atoms with E-state index in [1.807, 2.05) is 48.5 Å². The Labute approximate surface area is 102 Å². The lowest BCUT2D eigenvalue weighted by atomic mass is 10.1. The van der Waals surface area contributed by atoms with Crippen LogP contribution in [0.3, 0.4) is 0 Å². The molecule has 0 saturated heterocycles. The molecule has 1 nitrogen and oxygen atoms in total. The molecule has 0 radical (unpaired) electrons. The molecule has 1 heteroatoms. The molecule has 0 aliphatic heterocycles. The van der Waals surface area contributed by atoms with Crippen molar-refractivity contribution in [3.05, 3.63) is 65.7 Å². The van der Waals surface area contributed by atoms with Crippen LogP contribution in [0.4, 0.5) is 5.69 Å². The van der Waals surface area contributed by atoms with E-state index in [1.165, 1.54) is 5.56 Å². The maximum absolute atomic E-state index is 3.26. The number of para-hydroxylation sites is 1. The molecular weight excluding hydrogens is 206 g/mol. The van der Waals surface area contributed by atoms with E-state index in [2.05, 4.69) is 30.1 Å². The summed E-state index contributed by atoms with van der Waals surface area (Å²) in [5.74, 6) is 6.30. The van der Waals surface area contributed by atoms with Crippen molar-refractivity contribution in [2.75, 3.05) is 11.9 Å². The Morgan fingerprint density at radius 1 is 0.941 bits per heavy atom. The minimum atomic E-state index is 0.665. The zero-order chi connectivity index (χ0) is 11.9. The third-order valence-electron chi connectivity index (χ3n) is 2.52. The number of hydrogen-bond donors (Lipinski definition) is 1. The molecule has 0 saturated carbocycles. The van der Waals surface area contributed by atoms with Gasteiger partial charge in [-0.3, -0.25) is 0 Å². The molecule has 0 aliphatic rings. The van der Waals surface area contributed by atoms with E-state index in [-0.39, 0.29) is 0 Å². The fraction of sp³-hybridized carbons (Fsp3) is 0.125. The lowest BCUT2D eigenvalue weighted by molar-refractivity contribution is 1.37. The Balaban J connectivity index is 1.94. The molecule has 0 amide bonds. The van der Waals surface area contributed by atoms with Crippen LogP contribution < -0.4 is 5.32 Å². The van der Waals surface area contributed by atoms with Crippen LogP contribution in [0.5, 0.6) is 0 Å². The van der Waals surface area contributed by atoms with Gasteiger partial charge in [0.2, 0.25) is 0 Å². The van der Waals surface area contributed by atoms with E-state index in [1.54, 1.807) is 0 Å². The molecule has 17 heavy (non-hydrogen) atoms. The smallest absolute Gasteiger partial charge is 0.0769 e. The van der Waals surface area contributed by atoms with Crippen LogP contribution in [0.1, 0.15) is 11.1 Å². The Kier molecular flexibility index (Phi) is 3.83. The molecule has 84 valence electrons. The van der Waals surface area contributed by atoms with Crippen molar-refractivity contribution in [3.63, 3.8) is 0 Å². The molecule has 0 fully saturated rings. The van der Waals surface area contributed by atoms with Gasteiger partial charge in [0, 0.05) is 11.3 Å². The summed E-state index contributed by atoms with van der Waals surface area (Å²) in [5.41, 5.74) is 3.42. The van der Waals surface area contributed by atoms with Gasteiger partial charge in [-0.05, 0) is 30.7 Å². The molecule has 0 heterocycles. The molecule has 0 atom stereocenters. The largest absolute Gasteiger partial charge is 0.374 e.